The molecule has 0 unspecified atom stereocenters. The van der Waals surface area contributed by atoms with E-state index in [-0.39, 0.29) is 20.1 Å². The first-order chi connectivity index (χ1) is 22.4. The summed E-state index contributed by atoms with van der Waals surface area (Å²) >= 11 is 26.3. The second-order valence-electron chi connectivity index (χ2n) is 10.7. The molecule has 0 aliphatic heterocycles. The highest BCUT2D eigenvalue weighted by molar-refractivity contribution is 6.61. The van der Waals surface area contributed by atoms with Crippen molar-refractivity contribution in [1.82, 2.24) is 0 Å². The lowest BCUT2D eigenvalue weighted by molar-refractivity contribution is 0.103. The smallest absolute Gasteiger partial charge is 0.205 e. The molecule has 0 saturated carbocycles. The minimum Gasteiger partial charge on any atom is -0.497 e. The van der Waals surface area contributed by atoms with Gasteiger partial charge in [0.25, 0.3) is 0 Å². The second-order valence-corrected chi connectivity index (χ2v) is 12.2. The maximum Gasteiger partial charge on any atom is 0.205 e. The van der Waals surface area contributed by atoms with Crippen LogP contribution in [0.5, 0.6) is 23.0 Å². The minimum atomic E-state index is -0.410. The fourth-order valence-electron chi connectivity index (χ4n) is 5.03. The van der Waals surface area contributed by atoms with Crippen molar-refractivity contribution in [1.29, 1.82) is 0 Å². The predicted octanol–water partition coefficient (Wildman–Crippen LogP) is 11.3. The summed E-state index contributed by atoms with van der Waals surface area (Å²) in [6.45, 7) is 7.63. The predicted molar refractivity (Wildman–Crippen MR) is 193 cm³/mol. The molecule has 0 saturated heterocycles. The number of hydrogen-bond donors (Lipinski definition) is 0. The standard InChI is InChI=1S/C38H34Cl4O5/c1-7-23-19-27(45-5)11-13-29(23)33(39)35(41)37(43)25-9-15-31(21(3)17-25)47-32-16-10-26(18-22(32)4)38(44)36(42)34(40)30-14-12-28(46-6)20-24(30)8-2/h9-20H,7-8H2,1-6H3/b35-33+,36-34+. The van der Waals surface area contributed by atoms with Crippen LogP contribution in [0.4, 0.5) is 0 Å². The number of carbonyl (C=O) groups is 2. The Balaban J connectivity index is 1.54. The van der Waals surface area contributed by atoms with Crippen molar-refractivity contribution in [2.75, 3.05) is 14.2 Å². The number of benzene rings is 4. The average Bonchev–Trinajstić information content (AvgIpc) is 3.10. The van der Waals surface area contributed by atoms with Crippen LogP contribution in [0.1, 0.15) is 67.9 Å². The van der Waals surface area contributed by atoms with Crippen molar-refractivity contribution in [2.45, 2.75) is 40.5 Å². The fourth-order valence-corrected chi connectivity index (χ4v) is 5.99. The molecule has 0 aliphatic rings. The molecule has 0 spiro atoms. The first-order valence-corrected chi connectivity index (χ1v) is 16.4. The number of allylic oxidation sites excluding steroid dienone is 2. The van der Waals surface area contributed by atoms with Crippen LogP contribution in [-0.4, -0.2) is 25.8 Å². The zero-order chi connectivity index (χ0) is 34.4. The molecular weight excluding hydrogens is 678 g/mol. The Hall–Kier alpha value is -3.74. The summed E-state index contributed by atoms with van der Waals surface area (Å²) in [5, 5.41) is 0.179. The fraction of sp³-hybridized carbons (Fsp3) is 0.211. The Bertz CT molecular complexity index is 1770. The van der Waals surface area contributed by atoms with E-state index in [0.29, 0.717) is 69.2 Å². The van der Waals surface area contributed by atoms with Gasteiger partial charge in [0.2, 0.25) is 11.6 Å². The number of carbonyl (C=O) groups excluding carboxylic acids is 2. The van der Waals surface area contributed by atoms with Crippen molar-refractivity contribution < 1.29 is 23.8 Å². The number of methoxy groups -OCH3 is 2. The summed E-state index contributed by atoms with van der Waals surface area (Å²) in [6, 6.07) is 20.9. The first kappa shape index (κ1) is 36.1. The highest BCUT2D eigenvalue weighted by Gasteiger charge is 2.21. The van der Waals surface area contributed by atoms with E-state index < -0.39 is 11.6 Å². The van der Waals surface area contributed by atoms with E-state index in [0.717, 1.165) is 11.1 Å². The van der Waals surface area contributed by atoms with Gasteiger partial charge in [-0.25, -0.2) is 0 Å². The molecule has 244 valence electrons. The monoisotopic (exact) mass is 710 g/mol. The number of halogens is 4. The van der Waals surface area contributed by atoms with E-state index in [9.17, 15) is 9.59 Å². The van der Waals surface area contributed by atoms with Crippen LogP contribution < -0.4 is 14.2 Å². The largest absolute Gasteiger partial charge is 0.497 e. The third kappa shape index (κ3) is 8.05. The maximum atomic E-state index is 13.3. The zero-order valence-corrected chi connectivity index (χ0v) is 29.9. The molecule has 0 fully saturated rings. The molecule has 0 radical (unpaired) electrons. The summed E-state index contributed by atoms with van der Waals surface area (Å²) in [7, 11) is 3.18. The topological polar surface area (TPSA) is 61.8 Å². The van der Waals surface area contributed by atoms with Gasteiger partial charge in [-0.05, 0) is 133 Å². The molecule has 0 amide bonds. The van der Waals surface area contributed by atoms with Crippen molar-refractivity contribution in [2.24, 2.45) is 0 Å². The highest BCUT2D eigenvalue weighted by atomic mass is 35.5. The minimum absolute atomic E-state index is 0.0820. The Morgan fingerprint density at radius 2 is 0.957 bits per heavy atom. The molecular formula is C38H34Cl4O5. The normalized spacial score (nSPS) is 12.2. The SMILES string of the molecule is CCc1cc(OC)ccc1/C(Cl)=C(\Cl)C(=O)c1ccc(Oc2ccc(C(=O)/C(Cl)=C(\Cl)c3ccc(OC)cc3CC)cc2C)c(C)c1. The number of rotatable bonds is 12. The van der Waals surface area contributed by atoms with E-state index in [1.165, 1.54) is 0 Å². The van der Waals surface area contributed by atoms with Gasteiger partial charge in [-0.15, -0.1) is 0 Å². The summed E-state index contributed by atoms with van der Waals surface area (Å²) in [5.41, 5.74) is 5.31. The summed E-state index contributed by atoms with van der Waals surface area (Å²) in [5.74, 6) is 1.64. The number of Topliss-reactive ketones (excluding diaryl/α,β-unsaturated/α-hetero) is 2. The Morgan fingerprint density at radius 3 is 1.28 bits per heavy atom. The molecule has 0 aromatic heterocycles. The van der Waals surface area contributed by atoms with Crippen LogP contribution in [0, 0.1) is 13.8 Å². The molecule has 0 atom stereocenters. The first-order valence-electron chi connectivity index (χ1n) is 14.9. The van der Waals surface area contributed by atoms with Crippen molar-refractivity contribution in [3.05, 3.63) is 127 Å². The van der Waals surface area contributed by atoms with E-state index in [4.69, 9.17) is 60.6 Å². The number of hydrogen-bond acceptors (Lipinski definition) is 5. The lowest BCUT2D eigenvalue weighted by Gasteiger charge is -2.14. The molecule has 9 heteroatoms. The molecule has 0 N–H and O–H groups in total. The Morgan fingerprint density at radius 1 is 0.574 bits per heavy atom. The average molecular weight is 712 g/mol. The lowest BCUT2D eigenvalue weighted by atomic mass is 10.0. The molecule has 4 aromatic rings. The highest BCUT2D eigenvalue weighted by Crippen LogP contribution is 2.36. The third-order valence-corrected chi connectivity index (χ3v) is 9.44. The van der Waals surface area contributed by atoms with E-state index in [1.54, 1.807) is 74.9 Å². The van der Waals surface area contributed by atoms with Gasteiger partial charge in [-0.3, -0.25) is 9.59 Å². The molecule has 47 heavy (non-hydrogen) atoms. The van der Waals surface area contributed by atoms with E-state index in [2.05, 4.69) is 0 Å². The maximum absolute atomic E-state index is 13.3. The van der Waals surface area contributed by atoms with Gasteiger partial charge in [-0.2, -0.15) is 0 Å². The summed E-state index contributed by atoms with van der Waals surface area (Å²) < 4.78 is 16.8. The molecule has 0 bridgehead atoms. The van der Waals surface area contributed by atoms with Gasteiger partial charge in [0.05, 0.1) is 24.3 Å². The van der Waals surface area contributed by atoms with Crippen LogP contribution in [0.3, 0.4) is 0 Å². The van der Waals surface area contributed by atoms with Gasteiger partial charge in [0.1, 0.15) is 33.1 Å². The van der Waals surface area contributed by atoms with Crippen LogP contribution >= 0.6 is 46.4 Å². The molecule has 5 nitrogen and oxygen atoms in total. The molecule has 4 rings (SSSR count). The number of ether oxygens (including phenoxy) is 3. The Kier molecular flexibility index (Phi) is 12.2. The van der Waals surface area contributed by atoms with Crippen molar-refractivity contribution in [3.63, 3.8) is 0 Å². The van der Waals surface area contributed by atoms with Crippen LogP contribution in [0.15, 0.2) is 82.9 Å². The van der Waals surface area contributed by atoms with Crippen LogP contribution in [0.25, 0.3) is 10.1 Å². The molecule has 4 aromatic carbocycles. The number of aryl methyl sites for hydroxylation is 4. The van der Waals surface area contributed by atoms with Gasteiger partial charge < -0.3 is 14.2 Å². The second kappa shape index (κ2) is 15.9. The quantitative estimate of drug-likeness (QED) is 0.108. The molecule has 0 aliphatic carbocycles. The molecule has 0 heterocycles. The van der Waals surface area contributed by atoms with Crippen LogP contribution in [-0.2, 0) is 12.8 Å². The van der Waals surface area contributed by atoms with Crippen molar-refractivity contribution in [3.8, 4) is 23.0 Å². The van der Waals surface area contributed by atoms with Gasteiger partial charge in [0.15, 0.2) is 0 Å². The van der Waals surface area contributed by atoms with E-state index >= 15 is 0 Å². The zero-order valence-electron chi connectivity index (χ0n) is 26.9. The third-order valence-electron chi connectivity index (χ3n) is 7.74. The van der Waals surface area contributed by atoms with E-state index in [1.807, 2.05) is 39.8 Å². The number of ketones is 2. The lowest BCUT2D eigenvalue weighted by Crippen LogP contribution is -2.04. The summed E-state index contributed by atoms with van der Waals surface area (Å²) in [4.78, 5) is 26.6. The summed E-state index contributed by atoms with van der Waals surface area (Å²) in [6.07, 6.45) is 1.36. The van der Waals surface area contributed by atoms with Crippen molar-refractivity contribution >= 4 is 68.0 Å². The Labute approximate surface area is 295 Å². The van der Waals surface area contributed by atoms with Gasteiger partial charge in [-0.1, -0.05) is 60.3 Å². The van der Waals surface area contributed by atoms with Gasteiger partial charge >= 0.3 is 0 Å². The van der Waals surface area contributed by atoms with Crippen LogP contribution in [0.2, 0.25) is 0 Å². The van der Waals surface area contributed by atoms with Gasteiger partial charge in [0, 0.05) is 11.1 Å².